The molecule has 1 aliphatic carbocycles. The van der Waals surface area contributed by atoms with Crippen LogP contribution in [0.3, 0.4) is 0 Å². The van der Waals surface area contributed by atoms with Gasteiger partial charge >= 0.3 is 21.7 Å². The Bertz CT molecular complexity index is 573. The van der Waals surface area contributed by atoms with Crippen molar-refractivity contribution in [3.05, 3.63) is 90.0 Å². The van der Waals surface area contributed by atoms with E-state index in [1.165, 1.54) is 22.3 Å². The topological polar surface area (TPSA) is 0 Å². The summed E-state index contributed by atoms with van der Waals surface area (Å²) in [5.41, 5.74) is 5.51. The zero-order chi connectivity index (χ0) is 12.2. The molecule has 0 nitrogen and oxygen atoms in total. The second-order valence-corrected chi connectivity index (χ2v) is 4.36. The fourth-order valence-electron chi connectivity index (χ4n) is 2.32. The fraction of sp³-hybridized carbons (Fsp3) is 0.0556. The van der Waals surface area contributed by atoms with Crippen LogP contribution >= 0.6 is 0 Å². The van der Waals surface area contributed by atoms with Crippen LogP contribution in [0.15, 0.2) is 72.8 Å². The van der Waals surface area contributed by atoms with E-state index >= 15 is 0 Å². The first-order valence-corrected chi connectivity index (χ1v) is 6.20. The van der Waals surface area contributed by atoms with Crippen LogP contribution in [-0.4, -0.2) is 0 Å². The van der Waals surface area contributed by atoms with Gasteiger partial charge in [-0.1, -0.05) is 35.4 Å². The van der Waals surface area contributed by atoms with Gasteiger partial charge in [-0.15, -0.1) is 5.56 Å². The van der Waals surface area contributed by atoms with Crippen LogP contribution in [0.5, 0.6) is 0 Å². The summed E-state index contributed by atoms with van der Waals surface area (Å²) < 4.78 is 0. The number of hydrogen-bond donors (Lipinski definition) is 0. The Hall–Kier alpha value is -0.916. The van der Waals surface area contributed by atoms with Crippen LogP contribution in [0.1, 0.15) is 11.1 Å². The average Bonchev–Trinajstić information content (AvgIpc) is 3.10. The molecule has 0 spiro atoms. The van der Waals surface area contributed by atoms with E-state index in [4.69, 9.17) is 0 Å². The summed E-state index contributed by atoms with van der Waals surface area (Å²) in [5, 5.41) is 0. The number of halogens is 2. The van der Waals surface area contributed by atoms with Gasteiger partial charge in [0.1, 0.15) is 0 Å². The van der Waals surface area contributed by atoms with E-state index in [-0.39, 0.29) is 46.5 Å². The zero-order valence-electron chi connectivity index (χ0n) is 11.4. The van der Waals surface area contributed by atoms with Gasteiger partial charge in [-0.25, -0.2) is 12.1 Å². The van der Waals surface area contributed by atoms with Crippen LogP contribution in [0.25, 0.3) is 11.1 Å². The molecule has 21 heavy (non-hydrogen) atoms. The van der Waals surface area contributed by atoms with E-state index in [1.807, 2.05) is 36.4 Å². The van der Waals surface area contributed by atoms with Gasteiger partial charge in [-0.2, -0.15) is 48.0 Å². The molecule has 0 aliphatic heterocycles. The van der Waals surface area contributed by atoms with E-state index in [2.05, 4.69) is 42.5 Å². The Labute approximate surface area is 153 Å². The van der Waals surface area contributed by atoms with E-state index in [0.717, 1.165) is 6.42 Å². The molecular weight excluding hydrogens is 335 g/mol. The number of benzene rings is 2. The van der Waals surface area contributed by atoms with E-state index in [1.54, 1.807) is 0 Å². The predicted octanol–water partition coefficient (Wildman–Crippen LogP) is -1.53. The summed E-state index contributed by atoms with van der Waals surface area (Å²) in [5.74, 6) is 0. The van der Waals surface area contributed by atoms with Crippen LogP contribution in [0, 0.1) is 6.07 Å². The largest absolute Gasteiger partial charge is 4.00 e. The summed E-state index contributed by atoms with van der Waals surface area (Å²) >= 11 is 0. The molecule has 0 radical (unpaired) electrons. The van der Waals surface area contributed by atoms with Gasteiger partial charge in [0, 0.05) is 0 Å². The molecule has 0 amide bonds. The molecule has 0 unspecified atom stereocenters. The van der Waals surface area contributed by atoms with Crippen LogP contribution in [-0.2, 0) is 28.1 Å². The molecule has 104 valence electrons. The molecule has 0 saturated heterocycles. The Balaban J connectivity index is 0.000000437. The van der Waals surface area contributed by atoms with Crippen molar-refractivity contribution < 1.29 is 46.5 Å². The van der Waals surface area contributed by atoms with Crippen molar-refractivity contribution in [2.45, 2.75) is 6.42 Å². The molecule has 3 aromatic carbocycles. The first-order valence-electron chi connectivity index (χ1n) is 6.20. The van der Waals surface area contributed by atoms with Gasteiger partial charge in [-0.05, 0) is 6.42 Å². The number of fused-ring (bicyclic) bond motifs is 3. The fourth-order valence-corrected chi connectivity index (χ4v) is 2.32. The van der Waals surface area contributed by atoms with Crippen molar-refractivity contribution in [2.24, 2.45) is 0 Å². The quantitative estimate of drug-likeness (QED) is 0.267. The molecule has 0 saturated carbocycles. The second kappa shape index (κ2) is 9.92. The number of rotatable bonds is 0. The van der Waals surface area contributed by atoms with Gasteiger partial charge in [0.25, 0.3) is 0 Å². The van der Waals surface area contributed by atoms with Crippen LogP contribution < -0.4 is 24.8 Å². The molecule has 0 N–H and O–H groups in total. The second-order valence-electron chi connectivity index (χ2n) is 4.36. The minimum atomic E-state index is 0. The van der Waals surface area contributed by atoms with E-state index in [0.29, 0.717) is 0 Å². The SMILES string of the molecule is [Cl-].[Cl-].[Ti+4].[c-]1cccc2c1Cc1ccccc1-2.c1cc[cH-]c1. The van der Waals surface area contributed by atoms with Crippen molar-refractivity contribution in [1.29, 1.82) is 0 Å². The van der Waals surface area contributed by atoms with Crippen molar-refractivity contribution in [3.8, 4) is 11.1 Å². The first kappa shape index (κ1) is 20.1. The maximum absolute atomic E-state index is 3.30. The van der Waals surface area contributed by atoms with Crippen molar-refractivity contribution >= 4 is 0 Å². The summed E-state index contributed by atoms with van der Waals surface area (Å²) in [7, 11) is 0. The van der Waals surface area contributed by atoms with E-state index in [9.17, 15) is 0 Å². The molecular formula is C18H14Cl2Ti. The van der Waals surface area contributed by atoms with Crippen LogP contribution in [0.4, 0.5) is 0 Å². The maximum Gasteiger partial charge on any atom is 4.00 e. The zero-order valence-corrected chi connectivity index (χ0v) is 14.5. The molecule has 4 rings (SSSR count). The molecule has 3 aromatic rings. The summed E-state index contributed by atoms with van der Waals surface area (Å²) in [6, 6.07) is 28.1. The standard InChI is InChI=1S/C13H9.C5H5.2ClH.Ti/c1-3-7-12-10(5-1)9-11-6-2-4-8-13(11)12;1-2-4-5-3-1;;;/h1-5,7-8H,9H2;1-5H;2*1H;/q2*-1;;;+4/p-2. The normalized spacial score (nSPS) is 9.52. The molecule has 3 heteroatoms. The molecule has 0 aromatic heterocycles. The average molecular weight is 349 g/mol. The first-order chi connectivity index (χ1) is 8.95. The number of hydrogen-bond acceptors (Lipinski definition) is 0. The monoisotopic (exact) mass is 348 g/mol. The van der Waals surface area contributed by atoms with E-state index < -0.39 is 0 Å². The van der Waals surface area contributed by atoms with Gasteiger partial charge in [-0.3, -0.25) is 0 Å². The van der Waals surface area contributed by atoms with Crippen molar-refractivity contribution in [1.82, 2.24) is 0 Å². The Kier molecular flexibility index (Phi) is 9.49. The summed E-state index contributed by atoms with van der Waals surface area (Å²) in [4.78, 5) is 0. The smallest absolute Gasteiger partial charge is 1.00 e. The molecule has 0 heterocycles. The van der Waals surface area contributed by atoms with Crippen LogP contribution in [0.2, 0.25) is 0 Å². The molecule has 0 atom stereocenters. The maximum atomic E-state index is 3.30. The third-order valence-corrected chi connectivity index (χ3v) is 3.17. The third-order valence-electron chi connectivity index (χ3n) is 3.17. The minimum Gasteiger partial charge on any atom is -1.00 e. The molecule has 0 bridgehead atoms. The Morgan fingerprint density at radius 1 is 0.810 bits per heavy atom. The summed E-state index contributed by atoms with van der Waals surface area (Å²) in [6.45, 7) is 0. The van der Waals surface area contributed by atoms with Gasteiger partial charge < -0.3 is 24.8 Å². The molecule has 0 fully saturated rings. The summed E-state index contributed by atoms with van der Waals surface area (Å²) in [6.07, 6.45) is 1.05. The van der Waals surface area contributed by atoms with Gasteiger partial charge in [0.2, 0.25) is 0 Å². The Morgan fingerprint density at radius 2 is 1.48 bits per heavy atom. The minimum absolute atomic E-state index is 0. The molecule has 1 aliphatic rings. The van der Waals surface area contributed by atoms with Gasteiger partial charge in [0.05, 0.1) is 0 Å². The Morgan fingerprint density at radius 3 is 2.14 bits per heavy atom. The predicted molar refractivity (Wildman–Crippen MR) is 75.6 cm³/mol. The van der Waals surface area contributed by atoms with Crippen molar-refractivity contribution in [2.75, 3.05) is 0 Å². The third kappa shape index (κ3) is 4.79. The van der Waals surface area contributed by atoms with Gasteiger partial charge in [0.15, 0.2) is 0 Å². The van der Waals surface area contributed by atoms with Crippen molar-refractivity contribution in [3.63, 3.8) is 0 Å².